The van der Waals surface area contributed by atoms with Crippen LogP contribution in [-0.2, 0) is 4.79 Å². The summed E-state index contributed by atoms with van der Waals surface area (Å²) in [5, 5.41) is 6.05. The van der Waals surface area contributed by atoms with Crippen molar-refractivity contribution >= 4 is 36.5 Å². The normalized spacial score (nSPS) is 15.8. The van der Waals surface area contributed by atoms with Crippen molar-refractivity contribution in [2.75, 3.05) is 51.2 Å². The van der Waals surface area contributed by atoms with Crippen molar-refractivity contribution in [1.82, 2.24) is 20.5 Å². The van der Waals surface area contributed by atoms with Gasteiger partial charge in [-0.25, -0.2) is 4.98 Å². The Morgan fingerprint density at radius 3 is 2.54 bits per heavy atom. The van der Waals surface area contributed by atoms with Gasteiger partial charge in [-0.05, 0) is 26.1 Å². The molecule has 1 aliphatic rings. The maximum absolute atomic E-state index is 11.7. The number of rotatable bonds is 7. The Morgan fingerprint density at radius 2 is 1.96 bits per heavy atom. The zero-order chi connectivity index (χ0) is 15.8. The molecule has 0 aromatic carbocycles. The molecule has 1 atom stereocenters. The lowest BCUT2D eigenvalue weighted by Gasteiger charge is -2.36. The third-order valence-corrected chi connectivity index (χ3v) is 3.89. The number of nitrogens with zero attached hydrogens (tertiary/aromatic N) is 3. The van der Waals surface area contributed by atoms with E-state index >= 15 is 0 Å². The highest BCUT2D eigenvalue weighted by atomic mass is 35.5. The Kier molecular flexibility index (Phi) is 11.8. The molecule has 1 amide bonds. The molecule has 6 nitrogen and oxygen atoms in total. The van der Waals surface area contributed by atoms with Gasteiger partial charge in [0.05, 0.1) is 0 Å². The molecule has 0 spiro atoms. The van der Waals surface area contributed by atoms with E-state index in [2.05, 4.69) is 38.4 Å². The van der Waals surface area contributed by atoms with E-state index in [-0.39, 0.29) is 36.8 Å². The van der Waals surface area contributed by atoms with Crippen LogP contribution in [0.4, 0.5) is 5.82 Å². The molecule has 0 bridgehead atoms. The standard InChI is InChI=1S/C16H27N5O.2ClH/c1-14(19-16(22)6-8-17-2)13-20-9-11-21(12-10-20)15-5-3-4-7-18-15;;/h3-5,7,14,17H,6,8-13H2,1-2H3,(H,19,22);2*1H. The first-order valence-corrected chi connectivity index (χ1v) is 8.01. The molecule has 2 N–H and O–H groups in total. The number of carbonyl (C=O) groups excluding carboxylic acids is 1. The number of hydrogen-bond acceptors (Lipinski definition) is 5. The van der Waals surface area contributed by atoms with E-state index in [1.165, 1.54) is 0 Å². The number of hydrogen-bond donors (Lipinski definition) is 2. The molecule has 8 heteroatoms. The minimum atomic E-state index is 0. The van der Waals surface area contributed by atoms with Gasteiger partial charge in [-0.3, -0.25) is 9.69 Å². The van der Waals surface area contributed by atoms with Gasteiger partial charge in [-0.1, -0.05) is 6.07 Å². The zero-order valence-corrected chi connectivity index (χ0v) is 16.0. The zero-order valence-electron chi connectivity index (χ0n) is 14.4. The first kappa shape index (κ1) is 22.9. The van der Waals surface area contributed by atoms with Crippen molar-refractivity contribution in [3.05, 3.63) is 24.4 Å². The Labute approximate surface area is 157 Å². The Morgan fingerprint density at radius 1 is 1.25 bits per heavy atom. The van der Waals surface area contributed by atoms with Gasteiger partial charge >= 0.3 is 0 Å². The van der Waals surface area contributed by atoms with Crippen molar-refractivity contribution in [2.24, 2.45) is 0 Å². The van der Waals surface area contributed by atoms with Crippen molar-refractivity contribution in [3.63, 3.8) is 0 Å². The van der Waals surface area contributed by atoms with Crippen molar-refractivity contribution in [1.29, 1.82) is 0 Å². The SMILES string of the molecule is CNCCC(=O)NC(C)CN1CCN(c2ccccn2)CC1.Cl.Cl. The van der Waals surface area contributed by atoms with Crippen molar-refractivity contribution < 1.29 is 4.79 Å². The Bertz CT molecular complexity index is 455. The molecule has 1 aliphatic heterocycles. The van der Waals surface area contributed by atoms with E-state index in [0.29, 0.717) is 6.42 Å². The summed E-state index contributed by atoms with van der Waals surface area (Å²) in [4.78, 5) is 20.8. The van der Waals surface area contributed by atoms with Crippen LogP contribution >= 0.6 is 24.8 Å². The van der Waals surface area contributed by atoms with E-state index in [1.807, 2.05) is 25.4 Å². The van der Waals surface area contributed by atoms with Gasteiger partial charge in [0.15, 0.2) is 0 Å². The number of halogens is 2. The summed E-state index contributed by atoms with van der Waals surface area (Å²) in [6, 6.07) is 6.21. The summed E-state index contributed by atoms with van der Waals surface area (Å²) in [5.74, 6) is 1.17. The largest absolute Gasteiger partial charge is 0.354 e. The minimum Gasteiger partial charge on any atom is -0.354 e. The lowest BCUT2D eigenvalue weighted by molar-refractivity contribution is -0.121. The van der Waals surface area contributed by atoms with Crippen molar-refractivity contribution in [3.8, 4) is 0 Å². The van der Waals surface area contributed by atoms with Crippen LogP contribution < -0.4 is 15.5 Å². The smallest absolute Gasteiger partial charge is 0.221 e. The molecule has 1 saturated heterocycles. The van der Waals surface area contributed by atoms with Gasteiger partial charge in [0.25, 0.3) is 0 Å². The average molecular weight is 378 g/mol. The predicted octanol–water partition coefficient (Wildman–Crippen LogP) is 1.16. The molecular formula is C16H29Cl2N5O. The molecule has 1 unspecified atom stereocenters. The molecule has 2 heterocycles. The first-order valence-electron chi connectivity index (χ1n) is 8.01. The molecule has 1 aromatic rings. The highest BCUT2D eigenvalue weighted by Gasteiger charge is 2.19. The van der Waals surface area contributed by atoms with Crippen LogP contribution in [0, 0.1) is 0 Å². The number of carbonyl (C=O) groups is 1. The first-order chi connectivity index (χ1) is 10.7. The summed E-state index contributed by atoms with van der Waals surface area (Å²) in [7, 11) is 1.86. The quantitative estimate of drug-likeness (QED) is 0.746. The number of amides is 1. The second kappa shape index (κ2) is 12.3. The highest BCUT2D eigenvalue weighted by Crippen LogP contribution is 2.12. The topological polar surface area (TPSA) is 60.5 Å². The maximum atomic E-state index is 11.7. The molecule has 24 heavy (non-hydrogen) atoms. The number of nitrogens with one attached hydrogen (secondary N) is 2. The fraction of sp³-hybridized carbons (Fsp3) is 0.625. The van der Waals surface area contributed by atoms with Crippen molar-refractivity contribution in [2.45, 2.75) is 19.4 Å². The monoisotopic (exact) mass is 377 g/mol. The van der Waals surface area contributed by atoms with Gasteiger partial charge in [0, 0.05) is 57.9 Å². The van der Waals surface area contributed by atoms with Gasteiger partial charge in [0.1, 0.15) is 5.82 Å². The number of anilines is 1. The lowest BCUT2D eigenvalue weighted by atomic mass is 10.2. The van der Waals surface area contributed by atoms with Gasteiger partial charge in [0.2, 0.25) is 5.91 Å². The number of piperazine rings is 1. The van der Waals surface area contributed by atoms with Gasteiger partial charge < -0.3 is 15.5 Å². The third-order valence-electron chi connectivity index (χ3n) is 3.89. The Hall–Kier alpha value is -1.08. The van der Waals surface area contributed by atoms with Crippen LogP contribution in [0.3, 0.4) is 0 Å². The van der Waals surface area contributed by atoms with Crippen LogP contribution in [0.1, 0.15) is 13.3 Å². The van der Waals surface area contributed by atoms with Crippen LogP contribution in [0.5, 0.6) is 0 Å². The molecule has 0 aliphatic carbocycles. The minimum absolute atomic E-state index is 0. The molecule has 0 radical (unpaired) electrons. The van der Waals surface area contributed by atoms with Gasteiger partial charge in [-0.15, -0.1) is 24.8 Å². The summed E-state index contributed by atoms with van der Waals surface area (Å²) in [6.45, 7) is 7.68. The predicted molar refractivity (Wildman–Crippen MR) is 104 cm³/mol. The van der Waals surface area contributed by atoms with Crippen LogP contribution in [-0.4, -0.2) is 68.1 Å². The maximum Gasteiger partial charge on any atom is 0.221 e. The highest BCUT2D eigenvalue weighted by molar-refractivity contribution is 5.85. The second-order valence-electron chi connectivity index (χ2n) is 5.80. The molecule has 2 rings (SSSR count). The summed E-state index contributed by atoms with van der Waals surface area (Å²) < 4.78 is 0. The Balaban J connectivity index is 0.00000264. The fourth-order valence-corrected chi connectivity index (χ4v) is 2.72. The lowest BCUT2D eigenvalue weighted by Crippen LogP contribution is -2.51. The molecule has 1 aromatic heterocycles. The molecule has 0 saturated carbocycles. The summed E-state index contributed by atoms with van der Waals surface area (Å²) in [5.41, 5.74) is 0. The van der Waals surface area contributed by atoms with Crippen LogP contribution in [0.15, 0.2) is 24.4 Å². The summed E-state index contributed by atoms with van der Waals surface area (Å²) in [6.07, 6.45) is 2.37. The van der Waals surface area contributed by atoms with Crippen LogP contribution in [0.2, 0.25) is 0 Å². The molecule has 1 fully saturated rings. The van der Waals surface area contributed by atoms with E-state index < -0.39 is 0 Å². The second-order valence-corrected chi connectivity index (χ2v) is 5.80. The van der Waals surface area contributed by atoms with E-state index in [4.69, 9.17) is 0 Å². The average Bonchev–Trinajstić information content (AvgIpc) is 2.54. The number of pyridine rings is 1. The molecule has 138 valence electrons. The van der Waals surface area contributed by atoms with E-state index in [9.17, 15) is 4.79 Å². The van der Waals surface area contributed by atoms with Gasteiger partial charge in [-0.2, -0.15) is 0 Å². The third kappa shape index (κ3) is 7.66. The number of aromatic nitrogens is 1. The van der Waals surface area contributed by atoms with E-state index in [1.54, 1.807) is 0 Å². The van der Waals surface area contributed by atoms with E-state index in [0.717, 1.165) is 45.1 Å². The summed E-state index contributed by atoms with van der Waals surface area (Å²) >= 11 is 0. The fourth-order valence-electron chi connectivity index (χ4n) is 2.72. The van der Waals surface area contributed by atoms with Crippen LogP contribution in [0.25, 0.3) is 0 Å². The molecular weight excluding hydrogens is 349 g/mol.